The van der Waals surface area contributed by atoms with Crippen molar-refractivity contribution < 1.29 is 4.79 Å². The van der Waals surface area contributed by atoms with Crippen LogP contribution >= 0.6 is 0 Å². The zero-order valence-electron chi connectivity index (χ0n) is 13.9. The Morgan fingerprint density at radius 1 is 1.30 bits per heavy atom. The van der Waals surface area contributed by atoms with Crippen molar-refractivity contribution in [2.45, 2.75) is 39.0 Å². The number of rotatable bonds is 4. The molecule has 0 aliphatic heterocycles. The smallest absolute Gasteiger partial charge is 0.243 e. The molecule has 1 fully saturated rings. The Hall–Kier alpha value is -2.16. The number of amides is 1. The number of hydrazone groups is 1. The maximum absolute atomic E-state index is 12.3. The van der Waals surface area contributed by atoms with Crippen LogP contribution in [0.3, 0.4) is 0 Å². The number of nitrogens with zero attached hydrogens (tertiary/aromatic N) is 1. The second-order valence-electron chi connectivity index (χ2n) is 6.76. The molecule has 0 bridgehead atoms. The summed E-state index contributed by atoms with van der Waals surface area (Å²) in [4.78, 5) is 12.3. The molecule has 3 atom stereocenters. The lowest BCUT2D eigenvalue weighted by Crippen LogP contribution is -2.24. The van der Waals surface area contributed by atoms with E-state index >= 15 is 0 Å². The van der Waals surface area contributed by atoms with Gasteiger partial charge in [0, 0.05) is 5.92 Å². The number of hydrogen-bond acceptors (Lipinski definition) is 2. The normalized spacial score (nSPS) is 28.2. The first-order valence-corrected chi connectivity index (χ1v) is 8.30. The fourth-order valence-corrected chi connectivity index (χ4v) is 3.18. The van der Waals surface area contributed by atoms with Crippen molar-refractivity contribution in [1.29, 1.82) is 0 Å². The molecule has 0 spiro atoms. The SMILES string of the molecule is C=C(C)C1CC=C(C)/C(=N/NC(=O)C2CC2c2ccccc2)C1. The summed E-state index contributed by atoms with van der Waals surface area (Å²) in [6.45, 7) is 8.16. The van der Waals surface area contributed by atoms with Gasteiger partial charge in [-0.25, -0.2) is 5.43 Å². The minimum absolute atomic E-state index is 0.0385. The lowest BCUT2D eigenvalue weighted by molar-refractivity contribution is -0.122. The summed E-state index contributed by atoms with van der Waals surface area (Å²) < 4.78 is 0. The van der Waals surface area contributed by atoms with E-state index in [9.17, 15) is 4.79 Å². The van der Waals surface area contributed by atoms with Crippen molar-refractivity contribution in [3.05, 3.63) is 59.7 Å². The summed E-state index contributed by atoms with van der Waals surface area (Å²) in [5.41, 5.74) is 7.35. The number of allylic oxidation sites excluding steroid dienone is 3. The molecule has 2 aliphatic carbocycles. The maximum Gasteiger partial charge on any atom is 0.243 e. The highest BCUT2D eigenvalue weighted by Crippen LogP contribution is 2.47. The molecule has 3 heteroatoms. The lowest BCUT2D eigenvalue weighted by Gasteiger charge is -2.22. The van der Waals surface area contributed by atoms with Gasteiger partial charge in [0.1, 0.15) is 0 Å². The van der Waals surface area contributed by atoms with Gasteiger partial charge >= 0.3 is 0 Å². The van der Waals surface area contributed by atoms with E-state index in [0.29, 0.717) is 11.8 Å². The molecule has 3 unspecified atom stereocenters. The van der Waals surface area contributed by atoms with Crippen LogP contribution in [0.5, 0.6) is 0 Å². The third kappa shape index (κ3) is 3.61. The Morgan fingerprint density at radius 3 is 2.74 bits per heavy atom. The molecule has 3 rings (SSSR count). The first kappa shape index (κ1) is 15.7. The first-order valence-electron chi connectivity index (χ1n) is 8.30. The average molecular weight is 308 g/mol. The number of benzene rings is 1. The summed E-state index contributed by atoms with van der Waals surface area (Å²) in [6, 6.07) is 10.2. The van der Waals surface area contributed by atoms with Crippen LogP contribution in [0.15, 0.2) is 59.2 Å². The van der Waals surface area contributed by atoms with Crippen molar-refractivity contribution >= 4 is 11.6 Å². The molecule has 0 heterocycles. The highest BCUT2D eigenvalue weighted by molar-refractivity contribution is 6.01. The van der Waals surface area contributed by atoms with E-state index < -0.39 is 0 Å². The van der Waals surface area contributed by atoms with Crippen molar-refractivity contribution in [3.8, 4) is 0 Å². The second-order valence-corrected chi connectivity index (χ2v) is 6.76. The van der Waals surface area contributed by atoms with E-state index in [4.69, 9.17) is 0 Å². The molecular weight excluding hydrogens is 284 g/mol. The van der Waals surface area contributed by atoms with Crippen LogP contribution in [-0.2, 0) is 4.79 Å². The van der Waals surface area contributed by atoms with Crippen molar-refractivity contribution in [2.75, 3.05) is 0 Å². The maximum atomic E-state index is 12.3. The summed E-state index contributed by atoms with van der Waals surface area (Å²) in [5, 5.41) is 4.39. The molecule has 3 nitrogen and oxygen atoms in total. The van der Waals surface area contributed by atoms with Gasteiger partial charge in [-0.3, -0.25) is 4.79 Å². The minimum atomic E-state index is 0.0385. The van der Waals surface area contributed by atoms with Crippen LogP contribution in [0.4, 0.5) is 0 Å². The fourth-order valence-electron chi connectivity index (χ4n) is 3.18. The van der Waals surface area contributed by atoms with Crippen LogP contribution in [-0.4, -0.2) is 11.6 Å². The Bertz CT molecular complexity index is 672. The van der Waals surface area contributed by atoms with Crippen LogP contribution in [0.2, 0.25) is 0 Å². The molecule has 0 aromatic heterocycles. The van der Waals surface area contributed by atoms with E-state index in [1.54, 1.807) is 0 Å². The van der Waals surface area contributed by atoms with Crippen molar-refractivity contribution in [1.82, 2.24) is 5.43 Å². The van der Waals surface area contributed by atoms with Gasteiger partial charge in [0.2, 0.25) is 5.91 Å². The highest BCUT2D eigenvalue weighted by atomic mass is 16.2. The summed E-state index contributed by atoms with van der Waals surface area (Å²) in [6.07, 6.45) is 5.00. The lowest BCUT2D eigenvalue weighted by atomic mass is 9.85. The summed E-state index contributed by atoms with van der Waals surface area (Å²) in [5.74, 6) is 0.887. The van der Waals surface area contributed by atoms with Gasteiger partial charge in [-0.1, -0.05) is 48.6 Å². The third-order valence-corrected chi connectivity index (χ3v) is 4.96. The van der Waals surface area contributed by atoms with Crippen LogP contribution < -0.4 is 5.43 Å². The second kappa shape index (κ2) is 6.53. The van der Waals surface area contributed by atoms with E-state index in [2.05, 4.69) is 49.2 Å². The monoisotopic (exact) mass is 308 g/mol. The topological polar surface area (TPSA) is 41.5 Å². The summed E-state index contributed by atoms with van der Waals surface area (Å²) in [7, 11) is 0. The van der Waals surface area contributed by atoms with E-state index in [1.807, 2.05) is 18.2 Å². The van der Waals surface area contributed by atoms with Gasteiger partial charge in [-0.15, -0.1) is 0 Å². The van der Waals surface area contributed by atoms with E-state index in [-0.39, 0.29) is 11.8 Å². The number of hydrogen-bond donors (Lipinski definition) is 1. The van der Waals surface area contributed by atoms with Crippen LogP contribution in [0, 0.1) is 11.8 Å². The van der Waals surface area contributed by atoms with Gasteiger partial charge in [0.25, 0.3) is 0 Å². The van der Waals surface area contributed by atoms with Gasteiger partial charge in [-0.05, 0) is 56.1 Å². The van der Waals surface area contributed by atoms with Gasteiger partial charge in [0.05, 0.1) is 5.71 Å². The standard InChI is InChI=1S/C20H24N2O/c1-13(2)16-10-9-14(3)19(11-16)21-22-20(23)18-12-17(18)15-7-5-4-6-8-15/h4-9,16-18H,1,10-12H2,2-3H3,(H,22,23)/b21-19+. The molecule has 1 amide bonds. The van der Waals surface area contributed by atoms with Crippen molar-refractivity contribution in [2.24, 2.45) is 16.9 Å². The minimum Gasteiger partial charge on any atom is -0.273 e. The fraction of sp³-hybridized carbons (Fsp3) is 0.400. The van der Waals surface area contributed by atoms with Gasteiger partial charge in [-0.2, -0.15) is 5.10 Å². The van der Waals surface area contributed by atoms with E-state index in [1.165, 1.54) is 16.7 Å². The summed E-state index contributed by atoms with van der Waals surface area (Å²) >= 11 is 0. The van der Waals surface area contributed by atoms with Gasteiger partial charge < -0.3 is 0 Å². The molecule has 23 heavy (non-hydrogen) atoms. The Morgan fingerprint density at radius 2 is 2.04 bits per heavy atom. The zero-order chi connectivity index (χ0) is 16.4. The molecule has 0 saturated heterocycles. The zero-order valence-corrected chi connectivity index (χ0v) is 13.9. The highest BCUT2D eigenvalue weighted by Gasteiger charge is 2.43. The molecule has 1 saturated carbocycles. The van der Waals surface area contributed by atoms with Gasteiger partial charge in [0.15, 0.2) is 0 Å². The number of carbonyl (C=O) groups is 1. The van der Waals surface area contributed by atoms with Crippen LogP contribution in [0.25, 0.3) is 0 Å². The Labute approximate surface area is 138 Å². The molecule has 1 aromatic rings. The predicted octanol–water partition coefficient (Wildman–Crippen LogP) is 4.19. The molecular formula is C20H24N2O. The predicted molar refractivity (Wildman–Crippen MR) is 94.2 cm³/mol. The molecule has 1 N–H and O–H groups in total. The largest absolute Gasteiger partial charge is 0.273 e. The molecule has 120 valence electrons. The number of nitrogens with one attached hydrogen (secondary N) is 1. The van der Waals surface area contributed by atoms with E-state index in [0.717, 1.165) is 25.0 Å². The molecule has 0 radical (unpaired) electrons. The number of carbonyl (C=O) groups excluding carboxylic acids is 1. The van der Waals surface area contributed by atoms with Crippen molar-refractivity contribution in [3.63, 3.8) is 0 Å². The Kier molecular flexibility index (Phi) is 4.46. The molecule has 1 aromatic carbocycles. The quantitative estimate of drug-likeness (QED) is 0.657. The first-order chi connectivity index (χ1) is 11.1. The average Bonchev–Trinajstić information content (AvgIpc) is 3.35. The molecule has 2 aliphatic rings. The Balaban J connectivity index is 1.60. The third-order valence-electron chi connectivity index (χ3n) is 4.96. The van der Waals surface area contributed by atoms with Crippen LogP contribution in [0.1, 0.15) is 44.6 Å².